The Balaban J connectivity index is 1.97. The van der Waals surface area contributed by atoms with Gasteiger partial charge in [0.2, 0.25) is 0 Å². The van der Waals surface area contributed by atoms with Gasteiger partial charge in [-0.15, -0.1) is 0 Å². The highest BCUT2D eigenvalue weighted by molar-refractivity contribution is 6.30. The first kappa shape index (κ1) is 20.4. The Bertz CT molecular complexity index is 824. The molecular formula is C19H20ClNO6. The average Bonchev–Trinajstić information content (AvgIpc) is 2.69. The van der Waals surface area contributed by atoms with Crippen molar-refractivity contribution in [2.75, 3.05) is 27.9 Å². The molecule has 8 heteroatoms. The SMILES string of the molecule is COc1cc(OC)c(C(=O)OCC(=O)NCc2cccc(Cl)c2)cc1OC. The third kappa shape index (κ3) is 5.52. The number of ether oxygens (including phenoxy) is 4. The predicted octanol–water partition coefficient (Wildman–Crippen LogP) is 2.84. The van der Waals surface area contributed by atoms with E-state index in [0.717, 1.165) is 5.56 Å². The largest absolute Gasteiger partial charge is 0.496 e. The molecule has 7 nitrogen and oxygen atoms in total. The molecule has 2 aromatic rings. The van der Waals surface area contributed by atoms with Crippen molar-refractivity contribution in [1.82, 2.24) is 5.32 Å². The van der Waals surface area contributed by atoms with Gasteiger partial charge in [-0.25, -0.2) is 4.79 Å². The number of esters is 1. The number of halogens is 1. The first-order valence-corrected chi connectivity index (χ1v) is 8.34. The molecule has 27 heavy (non-hydrogen) atoms. The maximum atomic E-state index is 12.3. The summed E-state index contributed by atoms with van der Waals surface area (Å²) in [6.45, 7) is -0.159. The molecule has 0 saturated carbocycles. The molecule has 0 aromatic heterocycles. The summed E-state index contributed by atoms with van der Waals surface area (Å²) in [6.07, 6.45) is 0. The van der Waals surface area contributed by atoms with E-state index in [-0.39, 0.29) is 17.9 Å². The van der Waals surface area contributed by atoms with Crippen LogP contribution in [0.4, 0.5) is 0 Å². The number of benzene rings is 2. The lowest BCUT2D eigenvalue weighted by atomic mass is 10.1. The fraction of sp³-hybridized carbons (Fsp3) is 0.263. The van der Waals surface area contributed by atoms with Crippen LogP contribution in [0.15, 0.2) is 36.4 Å². The van der Waals surface area contributed by atoms with Gasteiger partial charge in [-0.2, -0.15) is 0 Å². The lowest BCUT2D eigenvalue weighted by Crippen LogP contribution is -2.28. The van der Waals surface area contributed by atoms with Crippen LogP contribution in [0, 0.1) is 0 Å². The zero-order chi connectivity index (χ0) is 19.8. The van der Waals surface area contributed by atoms with Crippen LogP contribution < -0.4 is 19.5 Å². The molecule has 2 rings (SSSR count). The van der Waals surface area contributed by atoms with E-state index in [1.807, 2.05) is 6.07 Å². The molecule has 0 aliphatic heterocycles. The lowest BCUT2D eigenvalue weighted by Gasteiger charge is -2.13. The predicted molar refractivity (Wildman–Crippen MR) is 99.7 cm³/mol. The van der Waals surface area contributed by atoms with Gasteiger partial charge < -0.3 is 24.3 Å². The summed E-state index contributed by atoms with van der Waals surface area (Å²) < 4.78 is 20.6. The smallest absolute Gasteiger partial charge is 0.342 e. The first-order chi connectivity index (χ1) is 13.0. The summed E-state index contributed by atoms with van der Waals surface area (Å²) in [5.41, 5.74) is 0.960. The Morgan fingerprint density at radius 2 is 1.63 bits per heavy atom. The van der Waals surface area contributed by atoms with Crippen molar-refractivity contribution in [3.05, 3.63) is 52.5 Å². The first-order valence-electron chi connectivity index (χ1n) is 7.96. The fourth-order valence-electron chi connectivity index (χ4n) is 2.30. The van der Waals surface area contributed by atoms with Crippen molar-refractivity contribution in [2.45, 2.75) is 6.54 Å². The van der Waals surface area contributed by atoms with E-state index in [4.69, 9.17) is 30.5 Å². The zero-order valence-electron chi connectivity index (χ0n) is 15.2. The van der Waals surface area contributed by atoms with E-state index in [0.29, 0.717) is 16.5 Å². The summed E-state index contributed by atoms with van der Waals surface area (Å²) in [5.74, 6) is -0.161. The molecule has 0 atom stereocenters. The maximum absolute atomic E-state index is 12.3. The highest BCUT2D eigenvalue weighted by Gasteiger charge is 2.19. The van der Waals surface area contributed by atoms with E-state index >= 15 is 0 Å². The lowest BCUT2D eigenvalue weighted by molar-refractivity contribution is -0.124. The molecule has 2 aromatic carbocycles. The highest BCUT2D eigenvalue weighted by Crippen LogP contribution is 2.34. The van der Waals surface area contributed by atoms with Gasteiger partial charge in [0.25, 0.3) is 5.91 Å². The molecule has 0 saturated heterocycles. The summed E-state index contributed by atoms with van der Waals surface area (Å²) in [7, 11) is 4.33. The van der Waals surface area contributed by atoms with Crippen molar-refractivity contribution >= 4 is 23.5 Å². The number of rotatable bonds is 8. The van der Waals surface area contributed by atoms with Crippen molar-refractivity contribution in [3.63, 3.8) is 0 Å². The van der Waals surface area contributed by atoms with Gasteiger partial charge in [-0.05, 0) is 17.7 Å². The number of hydrogen-bond acceptors (Lipinski definition) is 6. The fourth-order valence-corrected chi connectivity index (χ4v) is 2.51. The molecule has 0 heterocycles. The zero-order valence-corrected chi connectivity index (χ0v) is 16.0. The Labute approximate surface area is 162 Å². The Hall–Kier alpha value is -2.93. The molecule has 0 unspecified atom stereocenters. The number of nitrogens with one attached hydrogen (secondary N) is 1. The third-order valence-electron chi connectivity index (χ3n) is 3.64. The Kier molecular flexibility index (Phi) is 7.31. The normalized spacial score (nSPS) is 10.1. The molecule has 0 bridgehead atoms. The topological polar surface area (TPSA) is 83.1 Å². The van der Waals surface area contributed by atoms with Crippen LogP contribution in [-0.4, -0.2) is 39.8 Å². The van der Waals surface area contributed by atoms with Crippen LogP contribution >= 0.6 is 11.6 Å². The van der Waals surface area contributed by atoms with Crippen LogP contribution in [0.5, 0.6) is 17.2 Å². The number of methoxy groups -OCH3 is 3. The molecule has 0 aliphatic rings. The van der Waals surface area contributed by atoms with Crippen molar-refractivity contribution in [2.24, 2.45) is 0 Å². The van der Waals surface area contributed by atoms with Gasteiger partial charge in [-0.1, -0.05) is 23.7 Å². The standard InChI is InChI=1S/C19H20ClNO6/c1-24-15-9-17(26-3)16(25-2)8-14(15)19(23)27-11-18(22)21-10-12-5-4-6-13(20)7-12/h4-9H,10-11H2,1-3H3,(H,21,22). The second kappa shape index (κ2) is 9.68. The van der Waals surface area contributed by atoms with E-state index in [1.165, 1.54) is 33.5 Å². The number of amides is 1. The van der Waals surface area contributed by atoms with Gasteiger partial charge in [0, 0.05) is 23.7 Å². The third-order valence-corrected chi connectivity index (χ3v) is 3.87. The van der Waals surface area contributed by atoms with Crippen LogP contribution in [0.3, 0.4) is 0 Å². The summed E-state index contributed by atoms with van der Waals surface area (Å²) >= 11 is 5.89. The monoisotopic (exact) mass is 393 g/mol. The minimum atomic E-state index is -0.717. The van der Waals surface area contributed by atoms with Crippen molar-refractivity contribution < 1.29 is 28.5 Å². The van der Waals surface area contributed by atoms with Gasteiger partial charge in [-0.3, -0.25) is 4.79 Å². The van der Waals surface area contributed by atoms with Crippen LogP contribution in [0.25, 0.3) is 0 Å². The summed E-state index contributed by atoms with van der Waals surface area (Å²) in [4.78, 5) is 24.2. The Morgan fingerprint density at radius 1 is 0.963 bits per heavy atom. The summed E-state index contributed by atoms with van der Waals surface area (Å²) in [5, 5.41) is 3.23. The maximum Gasteiger partial charge on any atom is 0.342 e. The number of carbonyl (C=O) groups is 2. The minimum absolute atomic E-state index is 0.123. The number of hydrogen-bond donors (Lipinski definition) is 1. The Morgan fingerprint density at radius 3 is 2.26 bits per heavy atom. The summed E-state index contributed by atoms with van der Waals surface area (Å²) in [6, 6.07) is 10.0. The molecule has 1 amide bonds. The van der Waals surface area contributed by atoms with Crippen LogP contribution in [0.1, 0.15) is 15.9 Å². The van der Waals surface area contributed by atoms with Gasteiger partial charge in [0.1, 0.15) is 11.3 Å². The molecule has 1 N–H and O–H groups in total. The van der Waals surface area contributed by atoms with E-state index < -0.39 is 18.5 Å². The van der Waals surface area contributed by atoms with Gasteiger partial charge in [0.05, 0.1) is 21.3 Å². The second-order valence-electron chi connectivity index (χ2n) is 5.39. The number of carbonyl (C=O) groups excluding carboxylic acids is 2. The van der Waals surface area contributed by atoms with Crippen LogP contribution in [0.2, 0.25) is 5.02 Å². The molecular weight excluding hydrogens is 374 g/mol. The van der Waals surface area contributed by atoms with E-state index in [2.05, 4.69) is 5.32 Å². The minimum Gasteiger partial charge on any atom is -0.496 e. The molecule has 0 spiro atoms. The van der Waals surface area contributed by atoms with Crippen molar-refractivity contribution in [1.29, 1.82) is 0 Å². The average molecular weight is 394 g/mol. The van der Waals surface area contributed by atoms with Crippen LogP contribution in [-0.2, 0) is 16.1 Å². The van der Waals surface area contributed by atoms with Gasteiger partial charge >= 0.3 is 5.97 Å². The van der Waals surface area contributed by atoms with E-state index in [1.54, 1.807) is 18.2 Å². The molecule has 0 radical (unpaired) electrons. The van der Waals surface area contributed by atoms with Crippen molar-refractivity contribution in [3.8, 4) is 17.2 Å². The molecule has 0 aliphatic carbocycles. The molecule has 144 valence electrons. The van der Waals surface area contributed by atoms with E-state index in [9.17, 15) is 9.59 Å². The molecule has 0 fully saturated rings. The van der Waals surface area contributed by atoms with Gasteiger partial charge in [0.15, 0.2) is 18.1 Å². The highest BCUT2D eigenvalue weighted by atomic mass is 35.5. The second-order valence-corrected chi connectivity index (χ2v) is 5.83. The quantitative estimate of drug-likeness (QED) is 0.694.